The van der Waals surface area contributed by atoms with Gasteiger partial charge < -0.3 is 0 Å². The molecule has 0 aliphatic carbocycles. The third kappa shape index (κ3) is 5.16. The molecular formula is C13H12IO3S. The lowest BCUT2D eigenvalue weighted by Crippen LogP contribution is -1.97. The molecule has 0 heterocycles. The fraction of sp³-hybridized carbons (Fsp3) is 0.0769. The highest BCUT2D eigenvalue weighted by molar-refractivity contribution is 14.1. The van der Waals surface area contributed by atoms with Gasteiger partial charge in [-0.1, -0.05) is 41.0 Å². The van der Waals surface area contributed by atoms with Gasteiger partial charge in [0.05, 0.1) is 4.90 Å². The zero-order valence-electron chi connectivity index (χ0n) is 9.71. The molecule has 0 saturated carbocycles. The second kappa shape index (κ2) is 6.86. The monoisotopic (exact) mass is 375 g/mol. The normalized spacial score (nSPS) is 10.4. The summed E-state index contributed by atoms with van der Waals surface area (Å²) in [5, 5.41) is 0. The summed E-state index contributed by atoms with van der Waals surface area (Å²) in [6.45, 7) is 1.59. The second-order valence-corrected chi connectivity index (χ2v) is 6.11. The van der Waals surface area contributed by atoms with Crippen LogP contribution in [-0.4, -0.2) is 8.42 Å². The summed E-state index contributed by atoms with van der Waals surface area (Å²) >= 11 is 2.28. The van der Waals surface area contributed by atoms with Crippen molar-refractivity contribution in [1.82, 2.24) is 0 Å². The molecule has 95 valence electrons. The predicted molar refractivity (Wildman–Crippen MR) is 78.2 cm³/mol. The van der Waals surface area contributed by atoms with Gasteiger partial charge in [-0.2, -0.15) is 8.42 Å². The number of aryl methyl sites for hydroxylation is 1. The highest BCUT2D eigenvalue weighted by Gasteiger charge is 2.12. The van der Waals surface area contributed by atoms with Crippen molar-refractivity contribution in [3.8, 4) is 0 Å². The van der Waals surface area contributed by atoms with E-state index in [0.717, 1.165) is 0 Å². The Morgan fingerprint density at radius 2 is 1.39 bits per heavy atom. The maximum absolute atomic E-state index is 10.5. The molecule has 2 rings (SSSR count). The fourth-order valence-electron chi connectivity index (χ4n) is 1.25. The Bertz CT molecular complexity index is 595. The van der Waals surface area contributed by atoms with Gasteiger partial charge in [0.15, 0.2) is 0 Å². The zero-order chi connectivity index (χ0) is 13.6. The van der Waals surface area contributed by atoms with Crippen LogP contribution < -0.4 is 0 Å². The molecule has 0 amide bonds. The molecule has 0 spiro atoms. The molecule has 0 bridgehead atoms. The first-order valence-corrected chi connectivity index (χ1v) is 7.62. The van der Waals surface area contributed by atoms with Gasteiger partial charge in [0.25, 0.3) is 0 Å². The van der Waals surface area contributed by atoms with Crippen LogP contribution >= 0.6 is 22.6 Å². The van der Waals surface area contributed by atoms with Crippen molar-refractivity contribution in [3.63, 3.8) is 0 Å². The molecule has 2 aromatic carbocycles. The number of hydrogen-bond donors (Lipinski definition) is 0. The Balaban J connectivity index is 0.000000199. The van der Waals surface area contributed by atoms with Crippen LogP contribution in [0.4, 0.5) is 0 Å². The summed E-state index contributed by atoms with van der Waals surface area (Å²) in [5.41, 5.74) is 0.488. The van der Waals surface area contributed by atoms with Crippen LogP contribution in [0.3, 0.4) is 0 Å². The topological polar surface area (TPSA) is 54.0 Å². The van der Waals surface area contributed by atoms with Gasteiger partial charge in [0, 0.05) is 3.57 Å². The summed E-state index contributed by atoms with van der Waals surface area (Å²) in [5.74, 6) is 0. The number of benzene rings is 2. The lowest BCUT2D eigenvalue weighted by Gasteiger charge is -1.97. The van der Waals surface area contributed by atoms with E-state index < -0.39 is 10.1 Å². The Labute approximate surface area is 121 Å². The van der Waals surface area contributed by atoms with E-state index in [0.29, 0.717) is 5.56 Å². The molecule has 0 saturated heterocycles. The van der Waals surface area contributed by atoms with Crippen molar-refractivity contribution in [2.24, 2.45) is 0 Å². The molecule has 0 aliphatic rings. The first-order chi connectivity index (χ1) is 8.41. The highest BCUT2D eigenvalue weighted by Crippen LogP contribution is 2.13. The average Bonchev–Trinajstić information content (AvgIpc) is 2.30. The standard InChI is InChI=1S/C7H7O3S.C6H5I/c1-6-4-2-3-5-7(6)11(8,9)10;7-6-4-2-1-3-5-6/h2-5H,1H3;1-5H. The lowest BCUT2D eigenvalue weighted by atomic mass is 10.2. The van der Waals surface area contributed by atoms with Crippen LogP contribution in [0.1, 0.15) is 5.56 Å². The fourth-order valence-corrected chi connectivity index (χ4v) is 2.37. The molecule has 1 radical (unpaired) electrons. The van der Waals surface area contributed by atoms with E-state index in [1.54, 1.807) is 19.1 Å². The van der Waals surface area contributed by atoms with Gasteiger partial charge in [-0.05, 0) is 53.3 Å². The van der Waals surface area contributed by atoms with Gasteiger partial charge >= 0.3 is 10.1 Å². The maximum atomic E-state index is 10.5. The molecule has 0 N–H and O–H groups in total. The Morgan fingerprint density at radius 3 is 1.72 bits per heavy atom. The molecule has 2 aromatic rings. The van der Waals surface area contributed by atoms with E-state index in [4.69, 9.17) is 0 Å². The molecule has 3 nitrogen and oxygen atoms in total. The average molecular weight is 375 g/mol. The first-order valence-electron chi connectivity index (χ1n) is 5.13. The molecule has 0 fully saturated rings. The minimum atomic E-state index is -4.28. The van der Waals surface area contributed by atoms with Crippen molar-refractivity contribution < 1.29 is 13.0 Å². The van der Waals surface area contributed by atoms with Gasteiger partial charge in [-0.3, -0.25) is 0 Å². The Morgan fingerprint density at radius 1 is 0.889 bits per heavy atom. The molecule has 18 heavy (non-hydrogen) atoms. The molecular weight excluding hydrogens is 363 g/mol. The summed E-state index contributed by atoms with van der Waals surface area (Å²) < 4.78 is 32.8. The first kappa shape index (κ1) is 15.1. The lowest BCUT2D eigenvalue weighted by molar-refractivity contribution is 0.414. The second-order valence-electron chi connectivity index (χ2n) is 3.52. The minimum absolute atomic E-state index is 0.139. The van der Waals surface area contributed by atoms with Crippen LogP contribution in [0, 0.1) is 10.5 Å². The molecule has 0 aliphatic heterocycles. The van der Waals surface area contributed by atoms with Crippen LogP contribution in [0.5, 0.6) is 0 Å². The van der Waals surface area contributed by atoms with Gasteiger partial charge in [0.2, 0.25) is 0 Å². The van der Waals surface area contributed by atoms with E-state index >= 15 is 0 Å². The molecule has 5 heteroatoms. The van der Waals surface area contributed by atoms with Crippen LogP contribution in [0.15, 0.2) is 59.5 Å². The largest absolute Gasteiger partial charge is 0.324 e. The van der Waals surface area contributed by atoms with Gasteiger partial charge in [-0.15, -0.1) is 0 Å². The Kier molecular flexibility index (Phi) is 5.77. The van der Waals surface area contributed by atoms with Crippen molar-refractivity contribution in [3.05, 3.63) is 63.7 Å². The minimum Gasteiger partial charge on any atom is -0.192 e. The number of rotatable bonds is 1. The molecule has 0 atom stereocenters. The third-order valence-electron chi connectivity index (χ3n) is 2.10. The predicted octanol–water partition coefficient (Wildman–Crippen LogP) is 3.41. The quantitative estimate of drug-likeness (QED) is 0.718. The van der Waals surface area contributed by atoms with E-state index in [-0.39, 0.29) is 4.90 Å². The highest BCUT2D eigenvalue weighted by atomic mass is 127. The van der Waals surface area contributed by atoms with Crippen LogP contribution in [0.2, 0.25) is 0 Å². The van der Waals surface area contributed by atoms with Crippen molar-refractivity contribution in [1.29, 1.82) is 0 Å². The summed E-state index contributed by atoms with van der Waals surface area (Å²) in [4.78, 5) is -0.139. The van der Waals surface area contributed by atoms with E-state index in [1.165, 1.54) is 15.7 Å². The van der Waals surface area contributed by atoms with E-state index in [2.05, 4.69) is 34.7 Å². The van der Waals surface area contributed by atoms with Gasteiger partial charge in [0.1, 0.15) is 0 Å². The zero-order valence-corrected chi connectivity index (χ0v) is 12.7. The van der Waals surface area contributed by atoms with Gasteiger partial charge in [-0.25, -0.2) is 0 Å². The SMILES string of the molecule is Cc1ccccc1S([O])(=O)=O.Ic1ccccc1. The summed E-state index contributed by atoms with van der Waals surface area (Å²) in [7, 11) is -4.28. The number of halogens is 1. The van der Waals surface area contributed by atoms with Crippen LogP contribution in [0.25, 0.3) is 0 Å². The van der Waals surface area contributed by atoms with Crippen LogP contribution in [-0.2, 0) is 14.7 Å². The third-order valence-corrected chi connectivity index (χ3v) is 3.81. The van der Waals surface area contributed by atoms with E-state index in [9.17, 15) is 13.0 Å². The van der Waals surface area contributed by atoms with Crippen molar-refractivity contribution >= 4 is 32.7 Å². The van der Waals surface area contributed by atoms with Crippen molar-refractivity contribution in [2.75, 3.05) is 0 Å². The van der Waals surface area contributed by atoms with E-state index in [1.807, 2.05) is 18.2 Å². The molecule has 0 unspecified atom stereocenters. The smallest absolute Gasteiger partial charge is 0.192 e. The summed E-state index contributed by atoms with van der Waals surface area (Å²) in [6, 6.07) is 16.3. The molecule has 0 aromatic heterocycles. The maximum Gasteiger partial charge on any atom is 0.324 e. The number of hydrogen-bond acceptors (Lipinski definition) is 2. The Hall–Kier alpha value is -0.920. The van der Waals surface area contributed by atoms with Crippen molar-refractivity contribution in [2.45, 2.75) is 11.8 Å². The summed E-state index contributed by atoms with van der Waals surface area (Å²) in [6.07, 6.45) is 0.